The van der Waals surface area contributed by atoms with Crippen LogP contribution in [-0.2, 0) is 36.8 Å². The van der Waals surface area contributed by atoms with Crippen LogP contribution in [-0.4, -0.2) is 112 Å². The standard InChI is InChI=1S/C32H37N5O10/c38-28(39)17-35(9-11-36(18-29(40)41)26(31(44)45)13-20-15-33-24-7-3-1-5-22(20)24)10-12-37(19-30(42)43)27(32(46)47)14-21-16-34-25-8-4-2-6-23(21)25/h1-8,15-16,26-27,33-34H,9-14,17-19H2,(H,38,39)(H,40,41)(H,42,43)(H,44,45)(H,46,47)/p-5/t26-,27-/m0/s1. The minimum atomic E-state index is -1.57. The van der Waals surface area contributed by atoms with Crippen molar-refractivity contribution >= 4 is 51.7 Å². The van der Waals surface area contributed by atoms with E-state index in [0.29, 0.717) is 11.1 Å². The van der Waals surface area contributed by atoms with E-state index in [9.17, 15) is 49.5 Å². The average molecular weight is 647 g/mol. The van der Waals surface area contributed by atoms with Gasteiger partial charge in [0.05, 0.1) is 41.9 Å². The van der Waals surface area contributed by atoms with E-state index in [2.05, 4.69) is 9.97 Å². The van der Waals surface area contributed by atoms with Gasteiger partial charge >= 0.3 is 0 Å². The van der Waals surface area contributed by atoms with Gasteiger partial charge in [0.1, 0.15) is 0 Å². The summed E-state index contributed by atoms with van der Waals surface area (Å²) in [5.41, 5.74) is 2.66. The lowest BCUT2D eigenvalue weighted by Crippen LogP contribution is -2.56. The molecule has 2 aromatic carbocycles. The Bertz CT molecular complexity index is 1620. The molecule has 2 atom stereocenters. The number of aromatic nitrogens is 2. The number of nitrogens with one attached hydrogen (secondary N) is 2. The van der Waals surface area contributed by atoms with Gasteiger partial charge in [-0.25, -0.2) is 0 Å². The summed E-state index contributed by atoms with van der Waals surface area (Å²) in [7, 11) is 0. The Labute approximate surface area is 268 Å². The van der Waals surface area contributed by atoms with Gasteiger partial charge in [0.2, 0.25) is 0 Å². The first kappa shape index (κ1) is 34.6. The highest BCUT2D eigenvalue weighted by molar-refractivity contribution is 5.85. The van der Waals surface area contributed by atoms with Crippen LogP contribution in [0, 0.1) is 0 Å². The zero-order valence-corrected chi connectivity index (χ0v) is 25.2. The molecule has 0 bridgehead atoms. The lowest BCUT2D eigenvalue weighted by Gasteiger charge is -2.36. The molecule has 4 aromatic rings. The van der Waals surface area contributed by atoms with E-state index in [1.165, 1.54) is 4.90 Å². The minimum absolute atomic E-state index is 0.138. The number of aromatic amines is 2. The van der Waals surface area contributed by atoms with Gasteiger partial charge in [-0.1, -0.05) is 36.4 Å². The lowest BCUT2D eigenvalue weighted by molar-refractivity contribution is -0.317. The van der Waals surface area contributed by atoms with E-state index in [1.807, 2.05) is 0 Å². The van der Waals surface area contributed by atoms with Gasteiger partial charge in [0.15, 0.2) is 0 Å². The molecule has 15 nitrogen and oxygen atoms in total. The molecule has 0 radical (unpaired) electrons. The molecular formula is C32H32N5O10-5. The topological polar surface area (TPSA) is 242 Å². The second kappa shape index (κ2) is 15.8. The van der Waals surface area contributed by atoms with Gasteiger partial charge in [0.25, 0.3) is 0 Å². The molecule has 0 amide bonds. The number of aliphatic carboxylic acids is 5. The van der Waals surface area contributed by atoms with Crippen LogP contribution in [0.5, 0.6) is 0 Å². The molecule has 0 aliphatic heterocycles. The normalized spacial score (nSPS) is 13.0. The van der Waals surface area contributed by atoms with Crippen molar-refractivity contribution in [3.05, 3.63) is 72.1 Å². The van der Waals surface area contributed by atoms with E-state index in [-0.39, 0.29) is 39.0 Å². The van der Waals surface area contributed by atoms with Gasteiger partial charge < -0.3 is 59.5 Å². The highest BCUT2D eigenvalue weighted by Gasteiger charge is 2.25. The fourth-order valence-electron chi connectivity index (χ4n) is 5.75. The third kappa shape index (κ3) is 9.38. The number of carbonyl (C=O) groups excluding carboxylic acids is 5. The number of rotatable bonds is 20. The van der Waals surface area contributed by atoms with E-state index in [4.69, 9.17) is 0 Å². The summed E-state index contributed by atoms with van der Waals surface area (Å²) in [6.07, 6.45) is 2.94. The predicted octanol–water partition coefficient (Wildman–Crippen LogP) is -5.17. The van der Waals surface area contributed by atoms with Crippen LogP contribution in [0.1, 0.15) is 11.1 Å². The molecule has 47 heavy (non-hydrogen) atoms. The van der Waals surface area contributed by atoms with Crippen LogP contribution in [0.3, 0.4) is 0 Å². The van der Waals surface area contributed by atoms with Crippen LogP contribution < -0.4 is 25.5 Å². The summed E-state index contributed by atoms with van der Waals surface area (Å²) in [6, 6.07) is 11.4. The van der Waals surface area contributed by atoms with E-state index < -0.39 is 61.6 Å². The van der Waals surface area contributed by atoms with Crippen molar-refractivity contribution in [1.82, 2.24) is 24.7 Å². The summed E-state index contributed by atoms with van der Waals surface area (Å²) in [4.78, 5) is 68.8. The zero-order chi connectivity index (χ0) is 34.1. The zero-order valence-electron chi connectivity index (χ0n) is 25.2. The number of nitrogens with zero attached hydrogens (tertiary/aromatic N) is 3. The number of H-pyrrole nitrogens is 2. The summed E-state index contributed by atoms with van der Waals surface area (Å²) >= 11 is 0. The molecule has 0 fully saturated rings. The van der Waals surface area contributed by atoms with Gasteiger partial charge in [-0.3, -0.25) is 14.7 Å². The number of carboxylic acids is 5. The highest BCUT2D eigenvalue weighted by atomic mass is 16.4. The first-order chi connectivity index (χ1) is 22.4. The molecule has 2 aromatic heterocycles. The number of hydrogen-bond donors (Lipinski definition) is 2. The number of benzene rings is 2. The number of para-hydroxylation sites is 2. The molecule has 2 N–H and O–H groups in total. The van der Waals surface area contributed by atoms with E-state index in [0.717, 1.165) is 31.6 Å². The molecule has 2 heterocycles. The van der Waals surface area contributed by atoms with Crippen molar-refractivity contribution < 1.29 is 49.5 Å². The SMILES string of the molecule is O=C([O-])CN(CCN(CC(=O)[O-])[C@@H](Cc1c[nH]c2ccccc12)C(=O)[O-])CCN(CC(=O)[O-])[C@@H](Cc1c[nH]c2ccccc12)C(=O)[O-]. The molecule has 0 saturated carbocycles. The van der Waals surface area contributed by atoms with Crippen molar-refractivity contribution in [3.63, 3.8) is 0 Å². The second-order valence-electron chi connectivity index (χ2n) is 11.1. The summed E-state index contributed by atoms with van der Waals surface area (Å²) in [5.74, 6) is -7.78. The molecule has 0 unspecified atom stereocenters. The smallest absolute Gasteiger partial charge is 0.0590 e. The van der Waals surface area contributed by atoms with Gasteiger partial charge in [-0.05, 0) is 36.1 Å². The highest BCUT2D eigenvalue weighted by Crippen LogP contribution is 2.22. The number of carbonyl (C=O) groups is 5. The average Bonchev–Trinajstić information content (AvgIpc) is 3.61. The molecule has 4 rings (SSSR count). The van der Waals surface area contributed by atoms with Gasteiger partial charge in [0, 0.05) is 80.0 Å². The second-order valence-corrected chi connectivity index (χ2v) is 11.1. The Morgan fingerprint density at radius 1 is 0.553 bits per heavy atom. The maximum absolute atomic E-state index is 12.2. The maximum atomic E-state index is 12.2. The van der Waals surface area contributed by atoms with E-state index in [1.54, 1.807) is 60.9 Å². The van der Waals surface area contributed by atoms with Crippen LogP contribution in [0.15, 0.2) is 60.9 Å². The Hall–Kier alpha value is -5.25. The molecule has 0 aliphatic carbocycles. The Morgan fingerprint density at radius 3 is 1.30 bits per heavy atom. The number of fused-ring (bicyclic) bond motifs is 2. The van der Waals surface area contributed by atoms with E-state index >= 15 is 0 Å². The van der Waals surface area contributed by atoms with Crippen molar-refractivity contribution in [2.24, 2.45) is 0 Å². The fourth-order valence-corrected chi connectivity index (χ4v) is 5.75. The molecule has 250 valence electrons. The Kier molecular flexibility index (Phi) is 11.7. The van der Waals surface area contributed by atoms with Crippen LogP contribution in [0.2, 0.25) is 0 Å². The van der Waals surface area contributed by atoms with Crippen molar-refractivity contribution in [3.8, 4) is 0 Å². The van der Waals surface area contributed by atoms with Crippen LogP contribution >= 0.6 is 0 Å². The largest absolute Gasteiger partial charge is 0.549 e. The Morgan fingerprint density at radius 2 is 0.936 bits per heavy atom. The lowest BCUT2D eigenvalue weighted by atomic mass is 10.0. The summed E-state index contributed by atoms with van der Waals surface area (Å²) < 4.78 is 0. The molecule has 0 spiro atoms. The molecule has 0 saturated heterocycles. The number of carboxylic acid groups (broad SMARTS) is 5. The van der Waals surface area contributed by atoms with Gasteiger partial charge in [-0.15, -0.1) is 0 Å². The first-order valence-corrected chi connectivity index (χ1v) is 14.7. The van der Waals surface area contributed by atoms with Crippen LogP contribution in [0.4, 0.5) is 0 Å². The van der Waals surface area contributed by atoms with Crippen molar-refractivity contribution in [2.45, 2.75) is 24.9 Å². The first-order valence-electron chi connectivity index (χ1n) is 14.7. The molecular weight excluding hydrogens is 614 g/mol. The fraction of sp³-hybridized carbons (Fsp3) is 0.344. The Balaban J connectivity index is 1.51. The monoisotopic (exact) mass is 646 g/mol. The van der Waals surface area contributed by atoms with Gasteiger partial charge in [-0.2, -0.15) is 0 Å². The molecule has 15 heteroatoms. The summed E-state index contributed by atoms with van der Waals surface area (Å²) in [5, 5.41) is 60.8. The maximum Gasteiger partial charge on any atom is 0.0590 e. The quantitative estimate of drug-likeness (QED) is 0.0914. The van der Waals surface area contributed by atoms with Crippen molar-refractivity contribution in [2.75, 3.05) is 45.8 Å². The third-order valence-corrected chi connectivity index (χ3v) is 8.03. The third-order valence-electron chi connectivity index (χ3n) is 8.03. The molecule has 0 aliphatic rings. The predicted molar refractivity (Wildman–Crippen MR) is 156 cm³/mol. The van der Waals surface area contributed by atoms with Crippen LogP contribution in [0.25, 0.3) is 21.8 Å². The summed E-state index contributed by atoms with van der Waals surface area (Å²) in [6.45, 7) is -3.30. The minimum Gasteiger partial charge on any atom is -0.549 e. The number of hydrogen-bond acceptors (Lipinski definition) is 13. The van der Waals surface area contributed by atoms with Crippen molar-refractivity contribution in [1.29, 1.82) is 0 Å².